The zero-order valence-corrected chi connectivity index (χ0v) is 16.2. The molecule has 28 heavy (non-hydrogen) atoms. The molecule has 6 nitrogen and oxygen atoms in total. The highest BCUT2D eigenvalue weighted by Crippen LogP contribution is 2.32. The maximum absolute atomic E-state index is 14.6. The van der Waals surface area contributed by atoms with Crippen molar-refractivity contribution in [1.29, 1.82) is 0 Å². The summed E-state index contributed by atoms with van der Waals surface area (Å²) in [5.74, 6) is 0.745. The van der Waals surface area contributed by atoms with Crippen LogP contribution in [0.2, 0.25) is 0 Å². The molecule has 0 atom stereocenters. The molecule has 2 aromatic rings. The summed E-state index contributed by atoms with van der Waals surface area (Å²) in [7, 11) is 4.35. The third-order valence-corrected chi connectivity index (χ3v) is 4.60. The Morgan fingerprint density at radius 1 is 1.11 bits per heavy atom. The maximum atomic E-state index is 14.6. The Labute approximate surface area is 163 Å². The van der Waals surface area contributed by atoms with Gasteiger partial charge in [-0.1, -0.05) is 0 Å². The molecule has 0 unspecified atom stereocenters. The van der Waals surface area contributed by atoms with Crippen molar-refractivity contribution >= 4 is 11.7 Å². The van der Waals surface area contributed by atoms with Gasteiger partial charge in [-0.2, -0.15) is 0 Å². The predicted octanol–water partition coefficient (Wildman–Crippen LogP) is 4.03. The van der Waals surface area contributed by atoms with Gasteiger partial charge in [0, 0.05) is 30.3 Å². The molecule has 2 aromatic carbocycles. The van der Waals surface area contributed by atoms with Crippen LogP contribution in [0.5, 0.6) is 17.2 Å². The molecule has 0 saturated heterocycles. The summed E-state index contributed by atoms with van der Waals surface area (Å²) >= 11 is 0. The normalized spacial score (nSPS) is 13.0. The van der Waals surface area contributed by atoms with E-state index in [-0.39, 0.29) is 5.56 Å². The monoisotopic (exact) mass is 389 g/mol. The number of nitrogens with one attached hydrogen (secondary N) is 1. The second-order valence-corrected chi connectivity index (χ2v) is 6.60. The molecule has 0 spiro atoms. The Morgan fingerprint density at radius 3 is 2.54 bits per heavy atom. The van der Waals surface area contributed by atoms with Gasteiger partial charge >= 0.3 is 5.97 Å². The maximum Gasteiger partial charge on any atom is 0.342 e. The Morgan fingerprint density at radius 2 is 1.89 bits per heavy atom. The third kappa shape index (κ3) is 4.65. The fourth-order valence-electron chi connectivity index (χ4n) is 2.80. The van der Waals surface area contributed by atoms with E-state index in [1.54, 1.807) is 32.4 Å². The lowest BCUT2D eigenvalue weighted by atomic mass is 10.1. The van der Waals surface area contributed by atoms with Crippen molar-refractivity contribution in [3.8, 4) is 17.2 Å². The first-order valence-electron chi connectivity index (χ1n) is 9.05. The van der Waals surface area contributed by atoms with E-state index in [1.165, 1.54) is 13.2 Å². The summed E-state index contributed by atoms with van der Waals surface area (Å²) in [6, 6.07) is 8.23. The van der Waals surface area contributed by atoms with Gasteiger partial charge in [0.1, 0.15) is 28.6 Å². The van der Waals surface area contributed by atoms with Crippen LogP contribution in [0, 0.1) is 11.7 Å². The molecule has 0 aromatic heterocycles. The van der Waals surface area contributed by atoms with E-state index in [4.69, 9.17) is 18.9 Å². The highest BCUT2D eigenvalue weighted by molar-refractivity contribution is 5.96. The van der Waals surface area contributed by atoms with Gasteiger partial charge in [0.05, 0.1) is 33.6 Å². The Kier molecular flexibility index (Phi) is 6.23. The molecule has 1 N–H and O–H groups in total. The number of ether oxygens (including phenoxy) is 4. The Bertz CT molecular complexity index is 851. The van der Waals surface area contributed by atoms with E-state index >= 15 is 0 Å². The van der Waals surface area contributed by atoms with Crippen LogP contribution in [0.4, 0.5) is 10.1 Å². The minimum atomic E-state index is -0.754. The van der Waals surface area contributed by atoms with E-state index < -0.39 is 11.8 Å². The zero-order valence-electron chi connectivity index (χ0n) is 16.2. The Hall–Kier alpha value is -2.96. The van der Waals surface area contributed by atoms with E-state index in [9.17, 15) is 9.18 Å². The molecule has 1 fully saturated rings. The molecular weight excluding hydrogens is 365 g/mol. The minimum absolute atomic E-state index is 0.159. The number of esters is 1. The summed E-state index contributed by atoms with van der Waals surface area (Å²) in [4.78, 5) is 12.1. The number of carbonyl (C=O) groups excluding carboxylic acids is 1. The van der Waals surface area contributed by atoms with E-state index in [2.05, 4.69) is 5.32 Å². The molecule has 1 aliphatic rings. The number of anilines is 1. The number of methoxy groups -OCH3 is 3. The van der Waals surface area contributed by atoms with Crippen molar-refractivity contribution in [1.82, 2.24) is 0 Å². The number of hydrogen-bond donors (Lipinski definition) is 1. The van der Waals surface area contributed by atoms with Crippen molar-refractivity contribution in [2.24, 2.45) is 5.92 Å². The molecule has 0 radical (unpaired) electrons. The molecule has 0 heterocycles. The second-order valence-electron chi connectivity index (χ2n) is 6.60. The summed E-state index contributed by atoms with van der Waals surface area (Å²) in [6.45, 7) is 0.853. The molecule has 150 valence electrons. The van der Waals surface area contributed by atoms with Gasteiger partial charge < -0.3 is 24.3 Å². The lowest BCUT2D eigenvalue weighted by Gasteiger charge is -2.16. The fraction of sp³-hybridized carbons (Fsp3) is 0.381. The van der Waals surface area contributed by atoms with Crippen LogP contribution in [0.25, 0.3) is 0 Å². The molecule has 3 rings (SSSR count). The summed E-state index contributed by atoms with van der Waals surface area (Å²) in [5, 5.41) is 3.10. The SMILES string of the molecule is COC(=O)c1c(F)cc(OCC2CC2)cc1NCc1ccc(OC)cc1OC. The van der Waals surface area contributed by atoms with Crippen LogP contribution in [0.1, 0.15) is 28.8 Å². The molecule has 7 heteroatoms. The molecular formula is C21H24FNO5. The van der Waals surface area contributed by atoms with Gasteiger partial charge in [-0.05, 0) is 30.9 Å². The predicted molar refractivity (Wildman–Crippen MR) is 103 cm³/mol. The highest BCUT2D eigenvalue weighted by Gasteiger charge is 2.24. The number of benzene rings is 2. The van der Waals surface area contributed by atoms with Gasteiger partial charge in [-0.25, -0.2) is 9.18 Å². The molecule has 1 saturated carbocycles. The van der Waals surface area contributed by atoms with Crippen molar-refractivity contribution in [2.45, 2.75) is 19.4 Å². The topological polar surface area (TPSA) is 66.0 Å². The van der Waals surface area contributed by atoms with Gasteiger partial charge in [-0.3, -0.25) is 0 Å². The molecule has 0 aliphatic heterocycles. The quantitative estimate of drug-likeness (QED) is 0.653. The van der Waals surface area contributed by atoms with Crippen molar-refractivity contribution in [3.63, 3.8) is 0 Å². The highest BCUT2D eigenvalue weighted by atomic mass is 19.1. The zero-order chi connectivity index (χ0) is 20.1. The van der Waals surface area contributed by atoms with Gasteiger partial charge in [-0.15, -0.1) is 0 Å². The van der Waals surface area contributed by atoms with Gasteiger partial charge in [0.25, 0.3) is 0 Å². The average molecular weight is 389 g/mol. The summed E-state index contributed by atoms with van der Waals surface area (Å²) in [6.07, 6.45) is 2.26. The smallest absolute Gasteiger partial charge is 0.342 e. The Balaban J connectivity index is 1.84. The van der Waals surface area contributed by atoms with E-state index in [0.29, 0.717) is 42.0 Å². The van der Waals surface area contributed by atoms with Crippen LogP contribution < -0.4 is 19.5 Å². The summed E-state index contributed by atoms with van der Waals surface area (Å²) in [5.41, 5.74) is 0.966. The van der Waals surface area contributed by atoms with Gasteiger partial charge in [0.15, 0.2) is 0 Å². The number of halogens is 1. The van der Waals surface area contributed by atoms with Crippen LogP contribution in [0.3, 0.4) is 0 Å². The minimum Gasteiger partial charge on any atom is -0.497 e. The first kappa shape index (κ1) is 19.8. The van der Waals surface area contributed by atoms with Crippen LogP contribution in [-0.2, 0) is 11.3 Å². The standard InChI is InChI=1S/C21H24FNO5/c1-25-15-7-6-14(19(10-15)26-2)11-23-18-9-16(28-12-13-4-5-13)8-17(22)20(18)21(24)27-3/h6-10,13,23H,4-5,11-12H2,1-3H3. The van der Waals surface area contributed by atoms with Gasteiger partial charge in [0.2, 0.25) is 0 Å². The largest absolute Gasteiger partial charge is 0.497 e. The average Bonchev–Trinajstić information content (AvgIpc) is 3.54. The molecule has 0 amide bonds. The van der Waals surface area contributed by atoms with Crippen molar-refractivity contribution in [2.75, 3.05) is 33.3 Å². The van der Waals surface area contributed by atoms with Crippen LogP contribution in [-0.4, -0.2) is 33.9 Å². The second kappa shape index (κ2) is 8.82. The summed E-state index contributed by atoms with van der Waals surface area (Å²) < 4.78 is 35.6. The fourth-order valence-corrected chi connectivity index (χ4v) is 2.80. The van der Waals surface area contributed by atoms with E-state index in [0.717, 1.165) is 18.4 Å². The lowest BCUT2D eigenvalue weighted by molar-refractivity contribution is 0.0596. The number of carbonyl (C=O) groups is 1. The van der Waals surface area contributed by atoms with Crippen molar-refractivity contribution < 1.29 is 28.1 Å². The first-order valence-corrected chi connectivity index (χ1v) is 9.05. The first-order chi connectivity index (χ1) is 13.5. The van der Waals surface area contributed by atoms with E-state index in [1.807, 2.05) is 6.07 Å². The number of hydrogen-bond acceptors (Lipinski definition) is 6. The van der Waals surface area contributed by atoms with Crippen LogP contribution in [0.15, 0.2) is 30.3 Å². The number of rotatable bonds is 9. The third-order valence-electron chi connectivity index (χ3n) is 4.60. The lowest BCUT2D eigenvalue weighted by Crippen LogP contribution is -2.12. The molecule has 1 aliphatic carbocycles. The van der Waals surface area contributed by atoms with Crippen LogP contribution >= 0.6 is 0 Å². The molecule has 0 bridgehead atoms. The van der Waals surface area contributed by atoms with Crippen molar-refractivity contribution in [3.05, 3.63) is 47.3 Å².